The number of nitrogens with zero attached hydrogens (tertiary/aromatic N) is 2. The molecule has 2 amide bonds. The molecular weight excluding hydrogens is 340 g/mol. The number of carbonyl (C=O) groups is 1. The summed E-state index contributed by atoms with van der Waals surface area (Å²) >= 11 is 0. The predicted octanol–water partition coefficient (Wildman–Crippen LogP) is 4.04. The summed E-state index contributed by atoms with van der Waals surface area (Å²) in [5.41, 5.74) is 4.40. The number of aryl methyl sites for hydroxylation is 1. The van der Waals surface area contributed by atoms with Gasteiger partial charge < -0.3 is 15.4 Å². The number of nitrogens with one attached hydrogen (secondary N) is 2. The van der Waals surface area contributed by atoms with Crippen molar-refractivity contribution in [3.05, 3.63) is 72.2 Å². The Labute approximate surface area is 158 Å². The molecule has 6 heteroatoms. The van der Waals surface area contributed by atoms with Crippen LogP contribution in [-0.2, 0) is 13.0 Å². The Morgan fingerprint density at radius 1 is 1.07 bits per heavy atom. The van der Waals surface area contributed by atoms with Crippen LogP contribution in [0.4, 0.5) is 10.5 Å². The minimum absolute atomic E-state index is 0.263. The van der Waals surface area contributed by atoms with Crippen molar-refractivity contribution in [2.45, 2.75) is 19.9 Å². The second-order valence-electron chi connectivity index (χ2n) is 5.94. The third kappa shape index (κ3) is 4.82. The van der Waals surface area contributed by atoms with Gasteiger partial charge in [-0.25, -0.2) is 14.8 Å². The van der Waals surface area contributed by atoms with Crippen LogP contribution in [0.3, 0.4) is 0 Å². The van der Waals surface area contributed by atoms with Crippen LogP contribution in [0, 0.1) is 0 Å². The number of benzene rings is 2. The fraction of sp³-hybridized carbons (Fsp3) is 0.190. The molecular formula is C21H22N4O2. The summed E-state index contributed by atoms with van der Waals surface area (Å²) < 4.78 is 5.17. The van der Waals surface area contributed by atoms with Crippen LogP contribution < -0.4 is 15.4 Å². The van der Waals surface area contributed by atoms with Crippen LogP contribution in [0.1, 0.15) is 18.2 Å². The lowest BCUT2D eigenvalue weighted by Crippen LogP contribution is -2.29. The van der Waals surface area contributed by atoms with Gasteiger partial charge in [-0.15, -0.1) is 0 Å². The maximum Gasteiger partial charge on any atom is 0.319 e. The molecule has 0 radical (unpaired) electrons. The molecule has 27 heavy (non-hydrogen) atoms. The van der Waals surface area contributed by atoms with Crippen molar-refractivity contribution in [3.8, 4) is 17.0 Å². The van der Waals surface area contributed by atoms with E-state index in [0.29, 0.717) is 6.54 Å². The van der Waals surface area contributed by atoms with Crippen LogP contribution in [0.15, 0.2) is 60.9 Å². The number of methoxy groups -OCH3 is 1. The van der Waals surface area contributed by atoms with Crippen molar-refractivity contribution in [1.29, 1.82) is 0 Å². The zero-order valence-electron chi connectivity index (χ0n) is 15.4. The minimum atomic E-state index is -0.263. The number of carbonyl (C=O) groups excluding carboxylic acids is 1. The van der Waals surface area contributed by atoms with E-state index in [-0.39, 0.29) is 6.03 Å². The second kappa shape index (κ2) is 8.80. The highest BCUT2D eigenvalue weighted by Gasteiger charge is 2.07. The van der Waals surface area contributed by atoms with Gasteiger partial charge in [0.05, 0.1) is 25.0 Å². The fourth-order valence-corrected chi connectivity index (χ4v) is 2.70. The lowest BCUT2D eigenvalue weighted by atomic mass is 10.1. The number of amides is 2. The summed E-state index contributed by atoms with van der Waals surface area (Å²) in [5.74, 6) is 0.790. The first-order valence-electron chi connectivity index (χ1n) is 8.77. The fourth-order valence-electron chi connectivity index (χ4n) is 2.70. The monoisotopic (exact) mass is 362 g/mol. The summed E-state index contributed by atoms with van der Waals surface area (Å²) in [6.45, 7) is 2.37. The van der Waals surface area contributed by atoms with E-state index in [9.17, 15) is 4.79 Å². The highest BCUT2D eigenvalue weighted by atomic mass is 16.5. The summed E-state index contributed by atoms with van der Waals surface area (Å²) in [7, 11) is 1.63. The summed E-state index contributed by atoms with van der Waals surface area (Å²) in [6.07, 6.45) is 2.36. The smallest absolute Gasteiger partial charge is 0.319 e. The topological polar surface area (TPSA) is 76.1 Å². The van der Waals surface area contributed by atoms with E-state index in [0.717, 1.165) is 40.4 Å². The first kappa shape index (κ1) is 18.4. The molecule has 1 aromatic heterocycles. The second-order valence-corrected chi connectivity index (χ2v) is 5.94. The number of hydrogen-bond acceptors (Lipinski definition) is 4. The molecule has 138 valence electrons. The molecule has 1 heterocycles. The number of anilines is 1. The maximum atomic E-state index is 12.2. The van der Waals surface area contributed by atoms with Gasteiger partial charge in [-0.05, 0) is 48.4 Å². The van der Waals surface area contributed by atoms with Crippen LogP contribution in [0.2, 0.25) is 0 Å². The van der Waals surface area contributed by atoms with E-state index >= 15 is 0 Å². The normalized spacial score (nSPS) is 10.3. The highest BCUT2D eigenvalue weighted by Crippen LogP contribution is 2.20. The van der Waals surface area contributed by atoms with Crippen molar-refractivity contribution in [1.82, 2.24) is 15.3 Å². The first-order chi connectivity index (χ1) is 13.2. The average Bonchev–Trinajstić information content (AvgIpc) is 2.73. The van der Waals surface area contributed by atoms with Crippen LogP contribution in [0.25, 0.3) is 11.3 Å². The maximum absolute atomic E-state index is 12.2. The zero-order chi connectivity index (χ0) is 19.1. The van der Waals surface area contributed by atoms with E-state index in [1.807, 2.05) is 54.6 Å². The molecule has 3 aromatic rings. The van der Waals surface area contributed by atoms with Gasteiger partial charge in [-0.1, -0.05) is 25.1 Å². The number of para-hydroxylation sites is 1. The van der Waals surface area contributed by atoms with Gasteiger partial charge >= 0.3 is 6.03 Å². The number of ether oxygens (including phenoxy) is 1. The molecule has 0 atom stereocenters. The van der Waals surface area contributed by atoms with Crippen LogP contribution in [0.5, 0.6) is 5.75 Å². The van der Waals surface area contributed by atoms with Crippen molar-refractivity contribution < 1.29 is 9.53 Å². The van der Waals surface area contributed by atoms with Gasteiger partial charge in [0.2, 0.25) is 0 Å². The third-order valence-electron chi connectivity index (χ3n) is 4.19. The predicted molar refractivity (Wildman–Crippen MR) is 106 cm³/mol. The molecule has 0 bridgehead atoms. The molecule has 0 spiro atoms. The summed E-state index contributed by atoms with van der Waals surface area (Å²) in [6, 6.07) is 17.0. The molecule has 0 unspecified atom stereocenters. The molecule has 0 saturated heterocycles. The third-order valence-corrected chi connectivity index (χ3v) is 4.19. The van der Waals surface area contributed by atoms with Crippen molar-refractivity contribution in [2.75, 3.05) is 12.4 Å². The largest absolute Gasteiger partial charge is 0.497 e. The van der Waals surface area contributed by atoms with Crippen molar-refractivity contribution in [2.24, 2.45) is 0 Å². The molecule has 0 aliphatic carbocycles. The lowest BCUT2D eigenvalue weighted by Gasteiger charge is -2.11. The molecule has 0 saturated carbocycles. The number of urea groups is 1. The molecule has 0 fully saturated rings. The average molecular weight is 362 g/mol. The highest BCUT2D eigenvalue weighted by molar-refractivity contribution is 5.90. The van der Waals surface area contributed by atoms with Gasteiger partial charge in [0.1, 0.15) is 12.1 Å². The van der Waals surface area contributed by atoms with E-state index in [2.05, 4.69) is 27.5 Å². The standard InChI is InChI=1S/C21H22N4O2/c1-3-15-6-4-5-7-19(15)25-21(26)22-13-17-12-20(24-14-23-17)16-8-10-18(27-2)11-9-16/h4-12,14H,3,13H2,1-2H3,(H2,22,25,26). The number of aromatic nitrogens is 2. The Balaban J connectivity index is 1.63. The summed E-state index contributed by atoms with van der Waals surface area (Å²) in [5, 5.41) is 5.72. The Kier molecular flexibility index (Phi) is 5.99. The molecule has 3 rings (SSSR count). The molecule has 2 aromatic carbocycles. The van der Waals surface area contributed by atoms with Crippen molar-refractivity contribution >= 4 is 11.7 Å². The minimum Gasteiger partial charge on any atom is -0.497 e. The SMILES string of the molecule is CCc1ccccc1NC(=O)NCc1cc(-c2ccc(OC)cc2)ncn1. The lowest BCUT2D eigenvalue weighted by molar-refractivity contribution is 0.251. The van der Waals surface area contributed by atoms with E-state index in [1.54, 1.807) is 7.11 Å². The van der Waals surface area contributed by atoms with Gasteiger partial charge in [0, 0.05) is 11.3 Å². The van der Waals surface area contributed by atoms with Crippen LogP contribution in [-0.4, -0.2) is 23.1 Å². The van der Waals surface area contributed by atoms with Crippen molar-refractivity contribution in [3.63, 3.8) is 0 Å². The Morgan fingerprint density at radius 2 is 1.85 bits per heavy atom. The van der Waals surface area contributed by atoms with Gasteiger partial charge in [0.15, 0.2) is 0 Å². The Hall–Kier alpha value is -3.41. The van der Waals surface area contributed by atoms with E-state index in [4.69, 9.17) is 4.74 Å². The van der Waals surface area contributed by atoms with Gasteiger partial charge in [0.25, 0.3) is 0 Å². The molecule has 0 aliphatic heterocycles. The Morgan fingerprint density at radius 3 is 2.59 bits per heavy atom. The van der Waals surface area contributed by atoms with Crippen LogP contribution >= 0.6 is 0 Å². The van der Waals surface area contributed by atoms with E-state index < -0.39 is 0 Å². The zero-order valence-corrected chi connectivity index (χ0v) is 15.4. The Bertz CT molecular complexity index is 910. The number of hydrogen-bond donors (Lipinski definition) is 2. The summed E-state index contributed by atoms with van der Waals surface area (Å²) in [4.78, 5) is 20.7. The quantitative estimate of drug-likeness (QED) is 0.694. The first-order valence-corrected chi connectivity index (χ1v) is 8.77. The molecule has 2 N–H and O–H groups in total. The molecule has 0 aliphatic rings. The number of rotatable bonds is 6. The van der Waals surface area contributed by atoms with E-state index in [1.165, 1.54) is 6.33 Å². The van der Waals surface area contributed by atoms with Gasteiger partial charge in [-0.2, -0.15) is 0 Å². The van der Waals surface area contributed by atoms with Gasteiger partial charge in [-0.3, -0.25) is 0 Å². The molecule has 6 nitrogen and oxygen atoms in total.